The van der Waals surface area contributed by atoms with Crippen LogP contribution >= 0.6 is 0 Å². The average molecular weight is 418 g/mol. The van der Waals surface area contributed by atoms with Gasteiger partial charge in [-0.2, -0.15) is 0 Å². The Morgan fingerprint density at radius 3 is 2.41 bits per heavy atom. The number of rotatable bonds is 6. The Balaban J connectivity index is 1.71. The maximum atomic E-state index is 15.1. The number of nitrogens with one attached hydrogen (secondary N) is 1. The monoisotopic (exact) mass is 417 g/mol. The van der Waals surface area contributed by atoms with Gasteiger partial charge in [0.05, 0.1) is 6.61 Å². The molecular weight excluding hydrogens is 385 g/mol. The van der Waals surface area contributed by atoms with Crippen LogP contribution in [0.25, 0.3) is 11.1 Å². The summed E-state index contributed by atoms with van der Waals surface area (Å²) in [6.07, 6.45) is 5.27. The van der Waals surface area contributed by atoms with E-state index in [9.17, 15) is 0 Å². The predicted molar refractivity (Wildman–Crippen MR) is 116 cm³/mol. The van der Waals surface area contributed by atoms with E-state index >= 15 is 4.39 Å². The standard InChI is InChI=1S/C22H32FN3O2Si/c1-22(2,3)29(4,5)27-15-16-7-6-8-19(20(16)23)17-13-25-21(26-14-17)28-18-9-11-24-12-10-18/h6-8,13-14,18,24H,9-12,15H2,1-5H3. The number of ether oxygens (including phenoxy) is 1. The highest BCUT2D eigenvalue weighted by Gasteiger charge is 2.37. The fraction of sp³-hybridized carbons (Fsp3) is 0.545. The summed E-state index contributed by atoms with van der Waals surface area (Å²) in [6, 6.07) is 5.72. The van der Waals surface area contributed by atoms with Gasteiger partial charge in [-0.3, -0.25) is 0 Å². The minimum absolute atomic E-state index is 0.0825. The smallest absolute Gasteiger partial charge is 0.316 e. The second-order valence-electron chi connectivity index (χ2n) is 9.15. The van der Waals surface area contributed by atoms with Crippen LogP contribution in [0.3, 0.4) is 0 Å². The van der Waals surface area contributed by atoms with Crippen molar-refractivity contribution < 1.29 is 13.6 Å². The van der Waals surface area contributed by atoms with Gasteiger partial charge in [0.2, 0.25) is 0 Å². The molecule has 0 bridgehead atoms. The zero-order valence-corrected chi connectivity index (χ0v) is 19.1. The van der Waals surface area contributed by atoms with E-state index in [1.165, 1.54) is 0 Å². The highest BCUT2D eigenvalue weighted by molar-refractivity contribution is 6.74. The zero-order valence-electron chi connectivity index (χ0n) is 18.1. The molecule has 0 atom stereocenters. The number of nitrogens with zero attached hydrogens (tertiary/aromatic N) is 2. The van der Waals surface area contributed by atoms with Crippen LogP contribution in [0.4, 0.5) is 4.39 Å². The molecule has 2 heterocycles. The van der Waals surface area contributed by atoms with E-state index in [0.717, 1.165) is 25.9 Å². The first kappa shape index (κ1) is 21.9. The van der Waals surface area contributed by atoms with Crippen LogP contribution in [0.1, 0.15) is 39.2 Å². The SMILES string of the molecule is CC(C)(C)[Si](C)(C)OCc1cccc(-c2cnc(OC3CCNCC3)nc2)c1F. The topological polar surface area (TPSA) is 56.3 Å². The molecule has 0 saturated carbocycles. The molecule has 0 spiro atoms. The fourth-order valence-corrected chi connectivity index (χ4v) is 3.92. The molecule has 0 unspecified atom stereocenters. The molecule has 1 N–H and O–H groups in total. The fourth-order valence-electron chi connectivity index (χ4n) is 2.97. The number of hydrogen-bond donors (Lipinski definition) is 1. The molecule has 1 fully saturated rings. The van der Waals surface area contributed by atoms with Crippen molar-refractivity contribution in [1.29, 1.82) is 0 Å². The summed E-state index contributed by atoms with van der Waals surface area (Å²) in [5.74, 6) is -0.276. The zero-order chi connectivity index (χ0) is 21.1. The Morgan fingerprint density at radius 1 is 1.14 bits per heavy atom. The van der Waals surface area contributed by atoms with Gasteiger partial charge in [-0.15, -0.1) is 0 Å². The Labute approximate surface area is 174 Å². The minimum atomic E-state index is -1.95. The maximum absolute atomic E-state index is 15.1. The third-order valence-electron chi connectivity index (χ3n) is 5.97. The number of piperidine rings is 1. The quantitative estimate of drug-likeness (QED) is 0.675. The second-order valence-corrected chi connectivity index (χ2v) is 14.0. The molecule has 1 aliphatic rings. The molecule has 1 aliphatic heterocycles. The van der Waals surface area contributed by atoms with Crippen LogP contribution in [-0.4, -0.2) is 37.5 Å². The maximum Gasteiger partial charge on any atom is 0.316 e. The first-order valence-corrected chi connectivity index (χ1v) is 13.2. The van der Waals surface area contributed by atoms with Crippen molar-refractivity contribution in [2.24, 2.45) is 0 Å². The van der Waals surface area contributed by atoms with Crippen LogP contribution in [-0.2, 0) is 11.0 Å². The molecule has 1 aromatic heterocycles. The minimum Gasteiger partial charge on any atom is -0.460 e. The third kappa shape index (κ3) is 5.41. The van der Waals surface area contributed by atoms with Gasteiger partial charge in [0.15, 0.2) is 8.32 Å². The van der Waals surface area contributed by atoms with Gasteiger partial charge in [0, 0.05) is 29.1 Å². The number of benzene rings is 1. The average Bonchev–Trinajstić information content (AvgIpc) is 2.68. The van der Waals surface area contributed by atoms with Crippen LogP contribution in [0.15, 0.2) is 30.6 Å². The lowest BCUT2D eigenvalue weighted by molar-refractivity contribution is 0.149. The van der Waals surface area contributed by atoms with E-state index in [2.05, 4.69) is 49.1 Å². The van der Waals surface area contributed by atoms with Crippen molar-refractivity contribution in [2.75, 3.05) is 13.1 Å². The summed E-state index contributed by atoms with van der Waals surface area (Å²) < 4.78 is 27.2. The normalized spacial score (nSPS) is 16.1. The summed E-state index contributed by atoms with van der Waals surface area (Å²) in [7, 11) is -1.95. The number of halogens is 1. The summed E-state index contributed by atoms with van der Waals surface area (Å²) in [6.45, 7) is 13.0. The van der Waals surface area contributed by atoms with Gasteiger partial charge in [-0.1, -0.05) is 39.0 Å². The molecular formula is C22H32FN3O2Si. The van der Waals surface area contributed by atoms with Crippen molar-refractivity contribution in [3.8, 4) is 17.1 Å². The van der Waals surface area contributed by atoms with Crippen LogP contribution in [0.5, 0.6) is 6.01 Å². The summed E-state index contributed by atoms with van der Waals surface area (Å²) in [5, 5.41) is 3.38. The highest BCUT2D eigenvalue weighted by Crippen LogP contribution is 2.37. The Morgan fingerprint density at radius 2 is 1.79 bits per heavy atom. The van der Waals surface area contributed by atoms with Gasteiger partial charge in [-0.05, 0) is 44.1 Å². The van der Waals surface area contributed by atoms with Crippen LogP contribution in [0.2, 0.25) is 18.1 Å². The summed E-state index contributed by atoms with van der Waals surface area (Å²) in [4.78, 5) is 8.59. The number of aromatic nitrogens is 2. The molecule has 29 heavy (non-hydrogen) atoms. The molecule has 7 heteroatoms. The molecule has 158 valence electrons. The molecule has 2 aromatic rings. The first-order chi connectivity index (χ1) is 13.7. The molecule has 1 aromatic carbocycles. The molecule has 5 nitrogen and oxygen atoms in total. The van der Waals surface area contributed by atoms with Crippen molar-refractivity contribution in [2.45, 2.75) is 64.5 Å². The molecule has 1 saturated heterocycles. The van der Waals surface area contributed by atoms with Gasteiger partial charge in [-0.25, -0.2) is 14.4 Å². The first-order valence-electron chi connectivity index (χ1n) is 10.3. The van der Waals surface area contributed by atoms with Crippen LogP contribution < -0.4 is 10.1 Å². The Hall–Kier alpha value is -1.83. The van der Waals surface area contributed by atoms with Crippen molar-refractivity contribution in [3.63, 3.8) is 0 Å². The van der Waals surface area contributed by atoms with E-state index in [0.29, 0.717) is 22.7 Å². The predicted octanol–water partition coefficient (Wildman–Crippen LogP) is 4.94. The second kappa shape index (κ2) is 8.89. The largest absolute Gasteiger partial charge is 0.460 e. The van der Waals surface area contributed by atoms with Crippen LogP contribution in [0, 0.1) is 5.82 Å². The lowest BCUT2D eigenvalue weighted by Gasteiger charge is -2.36. The number of hydrogen-bond acceptors (Lipinski definition) is 5. The lowest BCUT2D eigenvalue weighted by atomic mass is 10.1. The Kier molecular flexibility index (Phi) is 6.71. The van der Waals surface area contributed by atoms with E-state index < -0.39 is 8.32 Å². The van der Waals surface area contributed by atoms with E-state index in [1.54, 1.807) is 24.5 Å². The van der Waals surface area contributed by atoms with Crippen molar-refractivity contribution in [1.82, 2.24) is 15.3 Å². The van der Waals surface area contributed by atoms with Gasteiger partial charge < -0.3 is 14.5 Å². The van der Waals surface area contributed by atoms with E-state index in [-0.39, 0.29) is 23.6 Å². The highest BCUT2D eigenvalue weighted by atomic mass is 28.4. The third-order valence-corrected chi connectivity index (χ3v) is 10.4. The van der Waals surface area contributed by atoms with E-state index in [1.807, 2.05) is 6.07 Å². The molecule has 0 amide bonds. The Bertz CT molecular complexity index is 816. The van der Waals surface area contributed by atoms with Gasteiger partial charge in [0.1, 0.15) is 11.9 Å². The van der Waals surface area contributed by atoms with E-state index in [4.69, 9.17) is 9.16 Å². The summed E-state index contributed by atoms with van der Waals surface area (Å²) in [5.41, 5.74) is 1.67. The summed E-state index contributed by atoms with van der Waals surface area (Å²) >= 11 is 0. The molecule has 0 radical (unpaired) electrons. The van der Waals surface area contributed by atoms with Gasteiger partial charge in [0.25, 0.3) is 0 Å². The molecule has 3 rings (SSSR count). The van der Waals surface area contributed by atoms with Crippen molar-refractivity contribution in [3.05, 3.63) is 42.0 Å². The lowest BCUT2D eigenvalue weighted by Crippen LogP contribution is -2.40. The van der Waals surface area contributed by atoms with Gasteiger partial charge >= 0.3 is 6.01 Å². The molecule has 0 aliphatic carbocycles. The van der Waals surface area contributed by atoms with Crippen molar-refractivity contribution >= 4 is 8.32 Å².